The molecule has 1 fully saturated rings. The van der Waals surface area contributed by atoms with E-state index in [1.54, 1.807) is 0 Å². The Morgan fingerprint density at radius 2 is 1.61 bits per heavy atom. The number of allylic oxidation sites excluding steroid dienone is 3. The van der Waals surface area contributed by atoms with Crippen LogP contribution in [0.5, 0.6) is 0 Å². The molecule has 0 saturated heterocycles. The van der Waals surface area contributed by atoms with E-state index in [0.717, 1.165) is 69.2 Å². The summed E-state index contributed by atoms with van der Waals surface area (Å²) in [6.07, 6.45) is 10.9. The van der Waals surface area contributed by atoms with E-state index >= 15 is 0 Å². The predicted octanol–water partition coefficient (Wildman–Crippen LogP) is 10.3. The van der Waals surface area contributed by atoms with Crippen molar-refractivity contribution in [2.24, 2.45) is 0 Å². The monoisotopic (exact) mass is 744 g/mol. The standard InChI is InChI=1S/C50H52N2O4/c1-5-7-25-50(26-8-6-2)39-17-11-12-18-43(39)51(27-24-45(53)54)44(50)30-37-47(55)46(48(37)56)31-20-23-42-36(28-31)35-15-13-19-41(35)52(42)32-21-22-34-33-14-9-10-16-38(33)49(3,4)40(34)29-32/h9-12,14,16-18,20-23,28-30,35,41H,5-8,13,15,19,24-27H2,1-4H3,(H-,53,54,55,56). The summed E-state index contributed by atoms with van der Waals surface area (Å²) >= 11 is 0. The number of nitrogens with zero attached hydrogens (tertiary/aromatic N) is 2. The van der Waals surface area contributed by atoms with Gasteiger partial charge in [-0.05, 0) is 83.3 Å². The minimum atomic E-state index is -0.870. The third-order valence-corrected chi connectivity index (χ3v) is 13.8. The van der Waals surface area contributed by atoms with Gasteiger partial charge in [-0.2, -0.15) is 4.58 Å². The number of carbonyl (C=O) groups is 2. The highest BCUT2D eigenvalue weighted by molar-refractivity contribution is 6.40. The van der Waals surface area contributed by atoms with Crippen LogP contribution in [0.2, 0.25) is 0 Å². The highest BCUT2D eigenvalue weighted by Crippen LogP contribution is 2.56. The number of para-hydroxylation sites is 1. The Morgan fingerprint density at radius 3 is 2.34 bits per heavy atom. The van der Waals surface area contributed by atoms with Gasteiger partial charge in [0, 0.05) is 57.6 Å². The zero-order valence-corrected chi connectivity index (χ0v) is 33.2. The van der Waals surface area contributed by atoms with Crippen molar-refractivity contribution in [3.8, 4) is 11.1 Å². The Balaban J connectivity index is 1.10. The fourth-order valence-corrected chi connectivity index (χ4v) is 11.0. The van der Waals surface area contributed by atoms with Crippen LogP contribution in [0.4, 0.5) is 17.1 Å². The van der Waals surface area contributed by atoms with Gasteiger partial charge in [-0.25, -0.2) is 0 Å². The zero-order chi connectivity index (χ0) is 38.9. The number of ketones is 1. The maximum absolute atomic E-state index is 14.3. The number of benzene rings is 4. The molecule has 0 aromatic heterocycles. The molecule has 6 heteroatoms. The number of carbonyl (C=O) groups excluding carboxylic acids is 1. The van der Waals surface area contributed by atoms with Crippen molar-refractivity contribution in [2.45, 2.75) is 115 Å². The Morgan fingerprint density at radius 1 is 0.893 bits per heavy atom. The Kier molecular flexibility index (Phi) is 8.94. The molecule has 2 aliphatic heterocycles. The summed E-state index contributed by atoms with van der Waals surface area (Å²) in [6, 6.07) is 30.6. The second-order valence-corrected chi connectivity index (χ2v) is 17.2. The van der Waals surface area contributed by atoms with Gasteiger partial charge in [-0.1, -0.05) is 120 Å². The molecule has 286 valence electrons. The lowest BCUT2D eigenvalue weighted by Gasteiger charge is -2.33. The number of aliphatic carboxylic acids is 1. The van der Waals surface area contributed by atoms with Crippen molar-refractivity contribution < 1.29 is 24.4 Å². The molecule has 1 N–H and O–H groups in total. The molecule has 1 saturated carbocycles. The topological polar surface area (TPSA) is 83.7 Å². The molecule has 2 atom stereocenters. The largest absolute Gasteiger partial charge is 0.871 e. The second-order valence-electron chi connectivity index (χ2n) is 17.2. The van der Waals surface area contributed by atoms with Crippen LogP contribution in [0.3, 0.4) is 0 Å². The number of unbranched alkanes of at least 4 members (excludes halogenated alkanes) is 2. The third kappa shape index (κ3) is 5.38. The smallest absolute Gasteiger partial charge is 0.309 e. The van der Waals surface area contributed by atoms with Gasteiger partial charge in [0.1, 0.15) is 6.42 Å². The van der Waals surface area contributed by atoms with Crippen LogP contribution in [-0.4, -0.2) is 39.7 Å². The zero-order valence-electron chi connectivity index (χ0n) is 33.2. The number of rotatable bonds is 12. The van der Waals surface area contributed by atoms with Crippen LogP contribution in [0.15, 0.2) is 102 Å². The summed E-state index contributed by atoms with van der Waals surface area (Å²) in [6.45, 7) is 9.30. The minimum Gasteiger partial charge on any atom is -0.871 e. The molecule has 2 unspecified atom stereocenters. The van der Waals surface area contributed by atoms with Gasteiger partial charge >= 0.3 is 5.97 Å². The number of carboxylic acids is 1. The van der Waals surface area contributed by atoms with Crippen molar-refractivity contribution >= 4 is 40.1 Å². The molecule has 2 heterocycles. The maximum Gasteiger partial charge on any atom is 0.309 e. The Labute approximate surface area is 330 Å². The molecule has 0 bridgehead atoms. The lowest BCUT2D eigenvalue weighted by atomic mass is 9.69. The molecule has 5 aliphatic rings. The number of carboxylic acid groups (broad SMARTS) is 1. The van der Waals surface area contributed by atoms with E-state index in [9.17, 15) is 19.8 Å². The minimum absolute atomic E-state index is 0.0386. The van der Waals surface area contributed by atoms with Crippen molar-refractivity contribution in [2.75, 3.05) is 11.4 Å². The molecule has 0 amide bonds. The van der Waals surface area contributed by atoms with Crippen molar-refractivity contribution in [3.05, 3.63) is 130 Å². The van der Waals surface area contributed by atoms with Gasteiger partial charge in [0.05, 0.1) is 5.41 Å². The third-order valence-electron chi connectivity index (χ3n) is 13.8. The molecular formula is C50H52N2O4. The SMILES string of the molecule is CCCCC1(CCCC)C(C=C2C(=O)C(c3ccc4c(c3)C3CCCC3N4c3ccc4c(c3)C(C)(C)c3ccccc3-4)=C2[O-])=[N+](CCC(=O)O)c2ccccc21. The first-order chi connectivity index (χ1) is 27.1. The Hall–Kier alpha value is -5.23. The number of hydrogen-bond donors (Lipinski definition) is 1. The van der Waals surface area contributed by atoms with Crippen molar-refractivity contribution in [1.82, 2.24) is 0 Å². The molecule has 4 aromatic carbocycles. The van der Waals surface area contributed by atoms with Gasteiger partial charge in [-0.3, -0.25) is 9.59 Å². The van der Waals surface area contributed by atoms with E-state index < -0.39 is 11.4 Å². The lowest BCUT2D eigenvalue weighted by molar-refractivity contribution is -0.436. The second kappa shape index (κ2) is 13.8. The van der Waals surface area contributed by atoms with Gasteiger partial charge in [-0.15, -0.1) is 0 Å². The van der Waals surface area contributed by atoms with E-state index in [1.807, 2.05) is 18.2 Å². The van der Waals surface area contributed by atoms with Gasteiger partial charge in [0.15, 0.2) is 18.0 Å². The maximum atomic E-state index is 14.3. The van der Waals surface area contributed by atoms with E-state index in [0.29, 0.717) is 17.5 Å². The number of anilines is 2. The van der Waals surface area contributed by atoms with Crippen molar-refractivity contribution in [1.29, 1.82) is 0 Å². The molecule has 0 radical (unpaired) electrons. The summed E-state index contributed by atoms with van der Waals surface area (Å²) in [5.41, 5.74) is 12.7. The fourth-order valence-electron chi connectivity index (χ4n) is 11.0. The van der Waals surface area contributed by atoms with Crippen LogP contribution >= 0.6 is 0 Å². The first kappa shape index (κ1) is 36.4. The average molecular weight is 745 g/mol. The highest BCUT2D eigenvalue weighted by Gasteiger charge is 2.51. The Bertz CT molecular complexity index is 2390. The van der Waals surface area contributed by atoms with Gasteiger partial charge < -0.3 is 15.1 Å². The number of hydrogen-bond acceptors (Lipinski definition) is 4. The van der Waals surface area contributed by atoms with E-state index in [4.69, 9.17) is 0 Å². The summed E-state index contributed by atoms with van der Waals surface area (Å²) in [5, 5.41) is 24.0. The molecule has 56 heavy (non-hydrogen) atoms. The normalized spacial score (nSPS) is 21.6. The van der Waals surface area contributed by atoms with Crippen LogP contribution in [0.25, 0.3) is 16.7 Å². The average Bonchev–Trinajstić information content (AvgIpc) is 3.92. The van der Waals surface area contributed by atoms with Crippen LogP contribution in [-0.2, 0) is 20.4 Å². The lowest BCUT2D eigenvalue weighted by Crippen LogP contribution is -2.37. The van der Waals surface area contributed by atoms with Crippen molar-refractivity contribution in [3.63, 3.8) is 0 Å². The summed E-state index contributed by atoms with van der Waals surface area (Å²) in [7, 11) is 0. The predicted molar refractivity (Wildman–Crippen MR) is 222 cm³/mol. The van der Waals surface area contributed by atoms with Crippen LogP contribution < -0.4 is 10.0 Å². The first-order valence-electron chi connectivity index (χ1n) is 20.9. The summed E-state index contributed by atoms with van der Waals surface area (Å²) in [5.74, 6) is -0.951. The van der Waals surface area contributed by atoms with E-state index in [-0.39, 0.29) is 41.1 Å². The molecular weight excluding hydrogens is 693 g/mol. The van der Waals surface area contributed by atoms with E-state index in [1.165, 1.54) is 44.8 Å². The molecule has 4 aromatic rings. The fraction of sp³-hybridized carbons (Fsp3) is 0.380. The first-order valence-corrected chi connectivity index (χ1v) is 20.9. The molecule has 9 rings (SSSR count). The quantitative estimate of drug-likeness (QED) is 0.115. The van der Waals surface area contributed by atoms with E-state index in [2.05, 4.69) is 110 Å². The highest BCUT2D eigenvalue weighted by atomic mass is 16.4. The molecule has 6 nitrogen and oxygen atoms in total. The van der Waals surface area contributed by atoms with Gasteiger partial charge in [0.25, 0.3) is 0 Å². The molecule has 3 aliphatic carbocycles. The number of fused-ring (bicyclic) bond motifs is 7. The van der Waals surface area contributed by atoms with Crippen LogP contribution in [0.1, 0.15) is 126 Å². The number of Topliss-reactive ketones (excluding diaryl/α,β-unsaturated/α-hetero) is 1. The summed E-state index contributed by atoms with van der Waals surface area (Å²) < 4.78 is 2.09. The van der Waals surface area contributed by atoms with Crippen LogP contribution in [0, 0.1) is 0 Å². The summed E-state index contributed by atoms with van der Waals surface area (Å²) in [4.78, 5) is 28.7. The molecule has 0 spiro atoms. The van der Waals surface area contributed by atoms with Gasteiger partial charge in [0.2, 0.25) is 5.69 Å².